The van der Waals surface area contributed by atoms with Gasteiger partial charge in [0.25, 0.3) is 5.91 Å². The van der Waals surface area contributed by atoms with E-state index in [-0.39, 0.29) is 17.4 Å². The number of hydrogen-bond acceptors (Lipinski definition) is 7. The molecule has 1 saturated carbocycles. The molecular weight excluding hydrogens is 360 g/mol. The number of para-hydroxylation sites is 1. The quantitative estimate of drug-likeness (QED) is 0.603. The van der Waals surface area contributed by atoms with Crippen molar-refractivity contribution in [3.05, 3.63) is 35.4 Å². The molecule has 0 spiro atoms. The average Bonchev–Trinajstić information content (AvgIpc) is 3.43. The molecule has 5 N–H and O–H groups in total. The van der Waals surface area contributed by atoms with Gasteiger partial charge in [-0.2, -0.15) is 0 Å². The second kappa shape index (κ2) is 7.01. The van der Waals surface area contributed by atoms with Crippen LogP contribution in [0.1, 0.15) is 28.8 Å². The summed E-state index contributed by atoms with van der Waals surface area (Å²) in [6.07, 6.45) is 1.83. The summed E-state index contributed by atoms with van der Waals surface area (Å²) in [5.41, 5.74) is 11.2. The van der Waals surface area contributed by atoms with Crippen molar-refractivity contribution in [3.63, 3.8) is 0 Å². The SMILES string of the molecule is COc1c(Nc2cc(NC(=O)C3CC3)nc3c2CN(C)N3)cccc1C(N)=O. The van der Waals surface area contributed by atoms with Crippen molar-refractivity contribution in [1.82, 2.24) is 9.99 Å². The van der Waals surface area contributed by atoms with Crippen LogP contribution < -0.4 is 26.5 Å². The Morgan fingerprint density at radius 3 is 2.79 bits per heavy atom. The fraction of sp³-hybridized carbons (Fsp3) is 0.316. The average molecular weight is 382 g/mol. The molecule has 2 heterocycles. The molecule has 0 bridgehead atoms. The summed E-state index contributed by atoms with van der Waals surface area (Å²) >= 11 is 0. The van der Waals surface area contributed by atoms with E-state index < -0.39 is 5.91 Å². The highest BCUT2D eigenvalue weighted by atomic mass is 16.5. The van der Waals surface area contributed by atoms with E-state index in [1.807, 2.05) is 12.1 Å². The Hall–Kier alpha value is -3.33. The van der Waals surface area contributed by atoms with Crippen molar-refractivity contribution in [2.45, 2.75) is 19.4 Å². The molecule has 1 aliphatic carbocycles. The summed E-state index contributed by atoms with van der Waals surface area (Å²) in [6.45, 7) is 0.624. The number of nitrogens with one attached hydrogen (secondary N) is 3. The van der Waals surface area contributed by atoms with Crippen molar-refractivity contribution < 1.29 is 14.3 Å². The first-order valence-electron chi connectivity index (χ1n) is 9.02. The number of anilines is 4. The zero-order valence-electron chi connectivity index (χ0n) is 15.7. The Morgan fingerprint density at radius 1 is 1.32 bits per heavy atom. The number of hydrazine groups is 1. The number of amides is 2. The lowest BCUT2D eigenvalue weighted by Crippen LogP contribution is -2.17. The van der Waals surface area contributed by atoms with Gasteiger partial charge in [0.15, 0.2) is 5.75 Å². The first-order valence-corrected chi connectivity index (χ1v) is 9.02. The topological polar surface area (TPSA) is 122 Å². The van der Waals surface area contributed by atoms with Gasteiger partial charge in [0.1, 0.15) is 11.6 Å². The number of aromatic nitrogens is 1. The van der Waals surface area contributed by atoms with E-state index in [0.29, 0.717) is 29.6 Å². The zero-order chi connectivity index (χ0) is 19.8. The number of nitrogens with zero attached hydrogens (tertiary/aromatic N) is 2. The molecular formula is C19H22N6O3. The maximum Gasteiger partial charge on any atom is 0.252 e. The number of pyridine rings is 1. The predicted octanol–water partition coefficient (Wildman–Crippen LogP) is 2.05. The normalized spacial score (nSPS) is 15.5. The number of carbonyl (C=O) groups excluding carboxylic acids is 2. The fourth-order valence-electron chi connectivity index (χ4n) is 3.23. The maximum absolute atomic E-state index is 12.2. The molecule has 1 fully saturated rings. The molecule has 9 nitrogen and oxygen atoms in total. The Balaban J connectivity index is 1.71. The summed E-state index contributed by atoms with van der Waals surface area (Å²) in [5, 5.41) is 8.08. The molecule has 0 saturated heterocycles. The highest BCUT2D eigenvalue weighted by molar-refractivity contribution is 5.98. The van der Waals surface area contributed by atoms with E-state index >= 15 is 0 Å². The molecule has 0 radical (unpaired) electrons. The standard InChI is InChI=1S/C19H22N6O3/c1-25-9-12-14(21-13-5-3-4-11(17(20)26)16(13)28-2)8-15(22-18(12)24-25)23-19(27)10-6-7-10/h3-5,8,10H,6-7,9H2,1-2H3,(H2,20,26)(H3,21,22,23,24,27). The second-order valence-corrected chi connectivity index (χ2v) is 6.99. The van der Waals surface area contributed by atoms with Gasteiger partial charge in [-0.15, -0.1) is 0 Å². The largest absolute Gasteiger partial charge is 0.494 e. The number of benzene rings is 1. The molecule has 2 aliphatic rings. The van der Waals surface area contributed by atoms with E-state index in [9.17, 15) is 9.59 Å². The van der Waals surface area contributed by atoms with Crippen LogP contribution in [0.5, 0.6) is 5.75 Å². The number of methoxy groups -OCH3 is 1. The molecule has 1 aromatic carbocycles. The predicted molar refractivity (Wildman–Crippen MR) is 105 cm³/mol. The Bertz CT molecular complexity index is 957. The van der Waals surface area contributed by atoms with Crippen LogP contribution >= 0.6 is 0 Å². The zero-order valence-corrected chi connectivity index (χ0v) is 15.7. The van der Waals surface area contributed by atoms with Crippen LogP contribution in [0.25, 0.3) is 0 Å². The molecule has 0 unspecified atom stereocenters. The van der Waals surface area contributed by atoms with Crippen LogP contribution in [0.2, 0.25) is 0 Å². The van der Waals surface area contributed by atoms with Gasteiger partial charge in [-0.3, -0.25) is 9.59 Å². The molecule has 2 amide bonds. The fourth-order valence-corrected chi connectivity index (χ4v) is 3.23. The minimum absolute atomic E-state index is 0.0157. The third-order valence-electron chi connectivity index (χ3n) is 4.77. The lowest BCUT2D eigenvalue weighted by Gasteiger charge is -2.16. The van der Waals surface area contributed by atoms with E-state index in [1.54, 1.807) is 24.3 Å². The smallest absolute Gasteiger partial charge is 0.252 e. The third-order valence-corrected chi connectivity index (χ3v) is 4.77. The number of ether oxygens (including phenoxy) is 1. The van der Waals surface area contributed by atoms with Crippen LogP contribution in [0, 0.1) is 5.92 Å². The summed E-state index contributed by atoms with van der Waals surface area (Å²) in [5.74, 6) is 0.991. The van der Waals surface area contributed by atoms with Crippen LogP contribution in [0.3, 0.4) is 0 Å². The number of hydrogen-bond donors (Lipinski definition) is 4. The van der Waals surface area contributed by atoms with Gasteiger partial charge in [0, 0.05) is 31.1 Å². The van der Waals surface area contributed by atoms with Gasteiger partial charge < -0.3 is 26.5 Å². The van der Waals surface area contributed by atoms with Gasteiger partial charge >= 0.3 is 0 Å². The molecule has 9 heteroatoms. The Kier molecular flexibility index (Phi) is 4.52. The minimum Gasteiger partial charge on any atom is -0.494 e. The summed E-state index contributed by atoms with van der Waals surface area (Å²) in [4.78, 5) is 28.4. The Morgan fingerprint density at radius 2 is 2.11 bits per heavy atom. The number of carbonyl (C=O) groups is 2. The number of fused-ring (bicyclic) bond motifs is 1. The van der Waals surface area contributed by atoms with Crippen molar-refractivity contribution in [3.8, 4) is 5.75 Å². The van der Waals surface area contributed by atoms with E-state index in [0.717, 1.165) is 24.1 Å². The summed E-state index contributed by atoms with van der Waals surface area (Å²) < 4.78 is 5.41. The Labute approximate surface area is 162 Å². The van der Waals surface area contributed by atoms with Gasteiger partial charge in [-0.05, 0) is 25.0 Å². The lowest BCUT2D eigenvalue weighted by atomic mass is 10.1. The van der Waals surface area contributed by atoms with Gasteiger partial charge in [0.2, 0.25) is 5.91 Å². The highest BCUT2D eigenvalue weighted by Crippen LogP contribution is 2.38. The molecule has 4 rings (SSSR count). The van der Waals surface area contributed by atoms with Crippen molar-refractivity contribution in [2.75, 3.05) is 30.2 Å². The molecule has 146 valence electrons. The second-order valence-electron chi connectivity index (χ2n) is 6.99. The van der Waals surface area contributed by atoms with Crippen LogP contribution in [-0.4, -0.2) is 36.0 Å². The lowest BCUT2D eigenvalue weighted by molar-refractivity contribution is -0.117. The van der Waals surface area contributed by atoms with Crippen molar-refractivity contribution in [1.29, 1.82) is 0 Å². The minimum atomic E-state index is -0.570. The van der Waals surface area contributed by atoms with Gasteiger partial charge in [-0.1, -0.05) is 6.07 Å². The van der Waals surface area contributed by atoms with Crippen molar-refractivity contribution in [2.24, 2.45) is 11.7 Å². The molecule has 1 aromatic heterocycles. The monoisotopic (exact) mass is 382 g/mol. The van der Waals surface area contributed by atoms with Crippen LogP contribution in [0.15, 0.2) is 24.3 Å². The van der Waals surface area contributed by atoms with Crippen LogP contribution in [0.4, 0.5) is 23.0 Å². The molecule has 2 aromatic rings. The number of rotatable bonds is 6. The van der Waals surface area contributed by atoms with Gasteiger partial charge in [-0.25, -0.2) is 9.99 Å². The van der Waals surface area contributed by atoms with E-state index in [4.69, 9.17) is 10.5 Å². The van der Waals surface area contributed by atoms with Crippen molar-refractivity contribution >= 4 is 34.8 Å². The summed E-state index contributed by atoms with van der Waals surface area (Å²) in [6, 6.07) is 6.93. The maximum atomic E-state index is 12.2. The molecule has 1 aliphatic heterocycles. The highest BCUT2D eigenvalue weighted by Gasteiger charge is 2.30. The molecule has 0 atom stereocenters. The van der Waals surface area contributed by atoms with E-state index in [1.165, 1.54) is 7.11 Å². The number of primary amides is 1. The summed E-state index contributed by atoms with van der Waals surface area (Å²) in [7, 11) is 3.39. The molecule has 28 heavy (non-hydrogen) atoms. The third kappa shape index (κ3) is 3.44. The van der Waals surface area contributed by atoms with Gasteiger partial charge in [0.05, 0.1) is 24.0 Å². The van der Waals surface area contributed by atoms with E-state index in [2.05, 4.69) is 21.0 Å². The number of nitrogens with two attached hydrogens (primary N) is 1. The first kappa shape index (κ1) is 18.1. The van der Waals surface area contributed by atoms with Crippen LogP contribution in [-0.2, 0) is 11.3 Å². The first-order chi connectivity index (χ1) is 13.5.